The van der Waals surface area contributed by atoms with Crippen LogP contribution < -0.4 is 5.73 Å². The van der Waals surface area contributed by atoms with Crippen molar-refractivity contribution in [3.63, 3.8) is 0 Å². The standard InChI is InChI=1S/C10H21N3O3S/c1-8(10(11)12)7-13(2)17(14,15)9-3-5-16-6-4-9/h8-9H,3-7H2,1-2H3,(H3,11,12). The van der Waals surface area contributed by atoms with Crippen LogP contribution in [0.4, 0.5) is 0 Å². The first-order chi connectivity index (χ1) is 7.85. The molecule has 1 saturated heterocycles. The van der Waals surface area contributed by atoms with E-state index in [4.69, 9.17) is 15.9 Å². The number of ether oxygens (including phenoxy) is 1. The highest BCUT2D eigenvalue weighted by molar-refractivity contribution is 7.89. The molecule has 1 heterocycles. The fourth-order valence-corrected chi connectivity index (χ4v) is 3.54. The Morgan fingerprint density at radius 3 is 2.53 bits per heavy atom. The van der Waals surface area contributed by atoms with Crippen molar-refractivity contribution in [1.29, 1.82) is 5.41 Å². The predicted molar refractivity (Wildman–Crippen MR) is 66.5 cm³/mol. The van der Waals surface area contributed by atoms with Crippen molar-refractivity contribution >= 4 is 15.9 Å². The lowest BCUT2D eigenvalue weighted by atomic mass is 10.2. The molecule has 1 unspecified atom stereocenters. The Morgan fingerprint density at radius 1 is 1.53 bits per heavy atom. The zero-order valence-corrected chi connectivity index (χ0v) is 11.2. The van der Waals surface area contributed by atoms with Crippen molar-refractivity contribution in [3.8, 4) is 0 Å². The second-order valence-electron chi connectivity index (χ2n) is 4.49. The fourth-order valence-electron chi connectivity index (χ4n) is 1.82. The van der Waals surface area contributed by atoms with Gasteiger partial charge in [0.15, 0.2) is 0 Å². The minimum absolute atomic E-state index is 0.0130. The van der Waals surface area contributed by atoms with Crippen LogP contribution in [0.1, 0.15) is 19.8 Å². The van der Waals surface area contributed by atoms with Crippen molar-refractivity contribution < 1.29 is 13.2 Å². The maximum Gasteiger partial charge on any atom is 0.216 e. The van der Waals surface area contributed by atoms with Crippen molar-refractivity contribution in [2.75, 3.05) is 26.8 Å². The van der Waals surface area contributed by atoms with E-state index in [2.05, 4.69) is 0 Å². The van der Waals surface area contributed by atoms with Crippen molar-refractivity contribution in [2.24, 2.45) is 11.7 Å². The summed E-state index contributed by atoms with van der Waals surface area (Å²) in [4.78, 5) is 0. The number of sulfonamides is 1. The van der Waals surface area contributed by atoms with Crippen LogP contribution in [0.2, 0.25) is 0 Å². The van der Waals surface area contributed by atoms with Crippen LogP contribution in [0.15, 0.2) is 0 Å². The number of hydrogen-bond acceptors (Lipinski definition) is 4. The molecule has 0 radical (unpaired) electrons. The highest BCUT2D eigenvalue weighted by Gasteiger charge is 2.32. The Kier molecular flexibility index (Phi) is 4.91. The third kappa shape index (κ3) is 3.65. The molecule has 1 aliphatic rings. The maximum atomic E-state index is 12.2. The van der Waals surface area contributed by atoms with E-state index in [0.29, 0.717) is 26.1 Å². The summed E-state index contributed by atoms with van der Waals surface area (Å²) in [7, 11) is -1.74. The Morgan fingerprint density at radius 2 is 2.06 bits per heavy atom. The normalized spacial score (nSPS) is 20.4. The molecule has 0 aliphatic carbocycles. The molecule has 0 amide bonds. The Bertz CT molecular complexity index is 363. The summed E-state index contributed by atoms with van der Waals surface area (Å²) in [5.74, 6) is -0.242. The van der Waals surface area contributed by atoms with E-state index >= 15 is 0 Å². The molecule has 0 aromatic heterocycles. The highest BCUT2D eigenvalue weighted by Crippen LogP contribution is 2.19. The Labute approximate surface area is 103 Å². The van der Waals surface area contributed by atoms with Crippen LogP contribution in [0, 0.1) is 11.3 Å². The molecular formula is C10H21N3O3S. The monoisotopic (exact) mass is 263 g/mol. The van der Waals surface area contributed by atoms with E-state index in [9.17, 15) is 8.42 Å². The molecule has 0 bridgehead atoms. The lowest BCUT2D eigenvalue weighted by Gasteiger charge is -2.28. The van der Waals surface area contributed by atoms with E-state index in [1.54, 1.807) is 14.0 Å². The minimum Gasteiger partial charge on any atom is -0.387 e. The van der Waals surface area contributed by atoms with Gasteiger partial charge in [-0.3, -0.25) is 5.41 Å². The molecular weight excluding hydrogens is 242 g/mol. The van der Waals surface area contributed by atoms with E-state index in [-0.39, 0.29) is 23.5 Å². The summed E-state index contributed by atoms with van der Waals surface area (Å²) in [6.07, 6.45) is 1.09. The SMILES string of the molecule is CC(CN(C)S(=O)(=O)C1CCOCC1)C(=N)N. The fraction of sp³-hybridized carbons (Fsp3) is 0.900. The second-order valence-corrected chi connectivity index (χ2v) is 6.81. The number of rotatable bonds is 5. The predicted octanol–water partition coefficient (Wildman–Crippen LogP) is -0.000930. The molecule has 7 heteroatoms. The average molecular weight is 263 g/mol. The van der Waals surface area contributed by atoms with Gasteiger partial charge in [-0.05, 0) is 12.8 Å². The van der Waals surface area contributed by atoms with Crippen LogP contribution in [0.25, 0.3) is 0 Å². The van der Waals surface area contributed by atoms with Gasteiger partial charge < -0.3 is 10.5 Å². The van der Waals surface area contributed by atoms with Crippen LogP contribution in [0.5, 0.6) is 0 Å². The summed E-state index contributed by atoms with van der Waals surface area (Å²) >= 11 is 0. The molecule has 0 aromatic rings. The zero-order valence-electron chi connectivity index (χ0n) is 10.3. The first-order valence-electron chi connectivity index (χ1n) is 5.72. The topological polar surface area (TPSA) is 96.5 Å². The maximum absolute atomic E-state index is 12.2. The number of hydrogen-bond donors (Lipinski definition) is 2. The minimum atomic E-state index is -3.29. The van der Waals surface area contributed by atoms with Crippen LogP contribution in [-0.2, 0) is 14.8 Å². The number of nitrogens with zero attached hydrogens (tertiary/aromatic N) is 1. The van der Waals surface area contributed by atoms with Gasteiger partial charge >= 0.3 is 0 Å². The van der Waals surface area contributed by atoms with Gasteiger partial charge in [0, 0.05) is 32.7 Å². The first kappa shape index (κ1) is 14.4. The van der Waals surface area contributed by atoms with Gasteiger partial charge in [-0.25, -0.2) is 12.7 Å². The largest absolute Gasteiger partial charge is 0.387 e. The molecule has 100 valence electrons. The third-order valence-corrected chi connectivity index (χ3v) is 5.42. The molecule has 6 nitrogen and oxygen atoms in total. The Hall–Kier alpha value is -0.660. The van der Waals surface area contributed by atoms with Crippen molar-refractivity contribution in [1.82, 2.24) is 4.31 Å². The molecule has 1 fully saturated rings. The quantitative estimate of drug-likeness (QED) is 0.539. The number of nitrogens with two attached hydrogens (primary N) is 1. The van der Waals surface area contributed by atoms with E-state index < -0.39 is 10.0 Å². The van der Waals surface area contributed by atoms with Crippen molar-refractivity contribution in [2.45, 2.75) is 25.0 Å². The summed E-state index contributed by atoms with van der Waals surface area (Å²) in [6, 6.07) is 0. The van der Waals surface area contributed by atoms with E-state index in [0.717, 1.165) is 0 Å². The molecule has 1 rings (SSSR count). The van der Waals surface area contributed by atoms with Gasteiger partial charge in [0.25, 0.3) is 0 Å². The first-order valence-corrected chi connectivity index (χ1v) is 7.23. The molecule has 1 aliphatic heterocycles. The van der Waals surface area contributed by atoms with Gasteiger partial charge in [-0.1, -0.05) is 6.92 Å². The average Bonchev–Trinajstić information content (AvgIpc) is 2.29. The molecule has 0 aromatic carbocycles. The van der Waals surface area contributed by atoms with Gasteiger partial charge in [-0.15, -0.1) is 0 Å². The van der Waals surface area contributed by atoms with E-state index in [1.807, 2.05) is 0 Å². The van der Waals surface area contributed by atoms with Crippen LogP contribution in [-0.4, -0.2) is 50.6 Å². The van der Waals surface area contributed by atoms with Gasteiger partial charge in [0.05, 0.1) is 11.1 Å². The number of nitrogens with one attached hydrogen (secondary N) is 1. The number of amidine groups is 1. The Balaban J connectivity index is 2.65. The lowest BCUT2D eigenvalue weighted by Crippen LogP contribution is -2.42. The van der Waals surface area contributed by atoms with Gasteiger partial charge in [0.2, 0.25) is 10.0 Å². The van der Waals surface area contributed by atoms with Crippen LogP contribution in [0.3, 0.4) is 0 Å². The van der Waals surface area contributed by atoms with Gasteiger partial charge in [-0.2, -0.15) is 0 Å². The van der Waals surface area contributed by atoms with Crippen LogP contribution >= 0.6 is 0 Å². The summed E-state index contributed by atoms with van der Waals surface area (Å²) in [5, 5.41) is 6.92. The molecule has 0 spiro atoms. The molecule has 3 N–H and O–H groups in total. The van der Waals surface area contributed by atoms with Crippen molar-refractivity contribution in [3.05, 3.63) is 0 Å². The van der Waals surface area contributed by atoms with Gasteiger partial charge in [0.1, 0.15) is 0 Å². The smallest absolute Gasteiger partial charge is 0.216 e. The summed E-state index contributed by atoms with van der Waals surface area (Å²) < 4.78 is 30.9. The lowest BCUT2D eigenvalue weighted by molar-refractivity contribution is 0.0973. The molecule has 17 heavy (non-hydrogen) atoms. The summed E-state index contributed by atoms with van der Waals surface area (Å²) in [5.41, 5.74) is 5.35. The highest BCUT2D eigenvalue weighted by atomic mass is 32.2. The molecule has 1 atom stereocenters. The van der Waals surface area contributed by atoms with E-state index in [1.165, 1.54) is 4.31 Å². The second kappa shape index (κ2) is 5.79. The molecule has 0 saturated carbocycles. The zero-order chi connectivity index (χ0) is 13.1. The summed E-state index contributed by atoms with van der Waals surface area (Å²) in [6.45, 7) is 3.01. The third-order valence-electron chi connectivity index (χ3n) is 3.09.